The number of nitrogens with zero attached hydrogens (tertiary/aromatic N) is 1. The Bertz CT molecular complexity index is 566. The van der Waals surface area contributed by atoms with Gasteiger partial charge in [-0.05, 0) is 42.2 Å². The Morgan fingerprint density at radius 2 is 1.78 bits per heavy atom. The van der Waals surface area contributed by atoms with E-state index in [1.54, 1.807) is 0 Å². The summed E-state index contributed by atoms with van der Waals surface area (Å²) >= 11 is 5.86. The summed E-state index contributed by atoms with van der Waals surface area (Å²) in [5.74, 6) is -0.104. The van der Waals surface area contributed by atoms with Crippen molar-refractivity contribution in [2.24, 2.45) is 0 Å². The number of benzene rings is 2. The van der Waals surface area contributed by atoms with Crippen LogP contribution in [0.2, 0.25) is 5.02 Å². The maximum atomic E-state index is 9.34. The Hall–Kier alpha value is -1.78. The molecular formula is C16H14ClN. The highest BCUT2D eigenvalue weighted by Gasteiger charge is 2.13. The second-order valence-corrected chi connectivity index (χ2v) is 4.81. The zero-order valence-corrected chi connectivity index (χ0v) is 11.0. The maximum absolute atomic E-state index is 9.34. The fourth-order valence-electron chi connectivity index (χ4n) is 2.06. The first-order valence-electron chi connectivity index (χ1n) is 5.90. The highest BCUT2D eigenvalue weighted by molar-refractivity contribution is 6.30. The Balaban J connectivity index is 2.23. The summed E-state index contributed by atoms with van der Waals surface area (Å²) in [6, 6.07) is 18.1. The molecule has 0 spiro atoms. The summed E-state index contributed by atoms with van der Waals surface area (Å²) < 4.78 is 0. The van der Waals surface area contributed by atoms with E-state index in [2.05, 4.69) is 6.07 Å². The molecule has 0 unspecified atom stereocenters. The highest BCUT2D eigenvalue weighted by Crippen LogP contribution is 2.23. The third-order valence-electron chi connectivity index (χ3n) is 3.07. The summed E-state index contributed by atoms with van der Waals surface area (Å²) in [6.45, 7) is 2.04. The van der Waals surface area contributed by atoms with Crippen LogP contribution >= 0.6 is 11.6 Å². The molecule has 0 aromatic heterocycles. The van der Waals surface area contributed by atoms with Gasteiger partial charge in [-0.2, -0.15) is 5.26 Å². The molecule has 1 nitrogen and oxygen atoms in total. The molecule has 0 heterocycles. The van der Waals surface area contributed by atoms with E-state index in [1.165, 1.54) is 0 Å². The van der Waals surface area contributed by atoms with Crippen molar-refractivity contribution in [3.05, 3.63) is 70.2 Å². The monoisotopic (exact) mass is 255 g/mol. The number of hydrogen-bond donors (Lipinski definition) is 0. The Morgan fingerprint density at radius 1 is 1.11 bits per heavy atom. The molecule has 90 valence electrons. The molecule has 0 fully saturated rings. The average molecular weight is 256 g/mol. The van der Waals surface area contributed by atoms with E-state index in [0.717, 1.165) is 28.1 Å². The Labute approximate surface area is 113 Å². The van der Waals surface area contributed by atoms with Crippen molar-refractivity contribution in [1.29, 1.82) is 5.26 Å². The Morgan fingerprint density at radius 3 is 2.39 bits per heavy atom. The van der Waals surface area contributed by atoms with Gasteiger partial charge in [0.15, 0.2) is 0 Å². The van der Waals surface area contributed by atoms with Crippen LogP contribution in [0.4, 0.5) is 0 Å². The summed E-state index contributed by atoms with van der Waals surface area (Å²) in [5.41, 5.74) is 3.40. The van der Waals surface area contributed by atoms with Crippen molar-refractivity contribution in [1.82, 2.24) is 0 Å². The lowest BCUT2D eigenvalue weighted by Crippen LogP contribution is -2.02. The fraction of sp³-hybridized carbons (Fsp3) is 0.188. The van der Waals surface area contributed by atoms with E-state index >= 15 is 0 Å². The van der Waals surface area contributed by atoms with Crippen LogP contribution in [0, 0.1) is 18.3 Å². The molecule has 0 N–H and O–H groups in total. The van der Waals surface area contributed by atoms with E-state index in [1.807, 2.05) is 55.5 Å². The van der Waals surface area contributed by atoms with Crippen LogP contribution in [0.15, 0.2) is 48.5 Å². The Kier molecular flexibility index (Phi) is 4.02. The molecule has 2 heteroatoms. The number of halogens is 1. The van der Waals surface area contributed by atoms with Gasteiger partial charge in [-0.15, -0.1) is 0 Å². The predicted octanol–water partition coefficient (Wildman–Crippen LogP) is 4.50. The molecule has 2 aromatic carbocycles. The molecule has 2 aromatic rings. The minimum atomic E-state index is -0.104. The predicted molar refractivity (Wildman–Crippen MR) is 74.7 cm³/mol. The summed E-state index contributed by atoms with van der Waals surface area (Å²) in [6.07, 6.45) is 0.721. The van der Waals surface area contributed by atoms with Gasteiger partial charge in [-0.3, -0.25) is 0 Å². The maximum Gasteiger partial charge on any atom is 0.0755 e. The molecular weight excluding hydrogens is 242 g/mol. The van der Waals surface area contributed by atoms with Gasteiger partial charge in [0, 0.05) is 5.02 Å². The van der Waals surface area contributed by atoms with Gasteiger partial charge in [-0.25, -0.2) is 0 Å². The second-order valence-electron chi connectivity index (χ2n) is 4.37. The normalized spacial score (nSPS) is 11.8. The molecule has 0 saturated carbocycles. The number of nitriles is 1. The fourth-order valence-corrected chi connectivity index (χ4v) is 2.19. The van der Waals surface area contributed by atoms with E-state index in [-0.39, 0.29) is 5.92 Å². The molecule has 2 rings (SSSR count). The molecule has 0 aliphatic carbocycles. The lowest BCUT2D eigenvalue weighted by molar-refractivity contribution is 0.841. The van der Waals surface area contributed by atoms with Gasteiger partial charge in [-0.1, -0.05) is 48.0 Å². The molecule has 0 aliphatic rings. The minimum absolute atomic E-state index is 0.104. The number of aryl methyl sites for hydroxylation is 1. The average Bonchev–Trinajstić information content (AvgIpc) is 2.39. The summed E-state index contributed by atoms with van der Waals surface area (Å²) in [4.78, 5) is 0. The van der Waals surface area contributed by atoms with E-state index in [0.29, 0.717) is 0 Å². The summed E-state index contributed by atoms with van der Waals surface area (Å²) in [5, 5.41) is 10.1. The van der Waals surface area contributed by atoms with Crippen LogP contribution in [-0.4, -0.2) is 0 Å². The number of hydrogen-bond acceptors (Lipinski definition) is 1. The van der Waals surface area contributed by atoms with Crippen LogP contribution in [-0.2, 0) is 6.42 Å². The molecule has 0 amide bonds. The molecule has 18 heavy (non-hydrogen) atoms. The number of rotatable bonds is 3. The van der Waals surface area contributed by atoms with Crippen molar-refractivity contribution in [3.63, 3.8) is 0 Å². The largest absolute Gasteiger partial charge is 0.198 e. The topological polar surface area (TPSA) is 23.8 Å². The van der Waals surface area contributed by atoms with Crippen LogP contribution in [0.3, 0.4) is 0 Å². The van der Waals surface area contributed by atoms with Gasteiger partial charge in [0.05, 0.1) is 12.0 Å². The zero-order valence-electron chi connectivity index (χ0n) is 10.2. The van der Waals surface area contributed by atoms with Crippen LogP contribution < -0.4 is 0 Å². The third-order valence-corrected chi connectivity index (χ3v) is 3.32. The van der Waals surface area contributed by atoms with Gasteiger partial charge in [0.1, 0.15) is 0 Å². The van der Waals surface area contributed by atoms with Crippen molar-refractivity contribution in [3.8, 4) is 6.07 Å². The van der Waals surface area contributed by atoms with Gasteiger partial charge in [0.25, 0.3) is 0 Å². The van der Waals surface area contributed by atoms with Gasteiger partial charge < -0.3 is 0 Å². The first kappa shape index (κ1) is 12.7. The minimum Gasteiger partial charge on any atom is -0.198 e. The lowest BCUT2D eigenvalue weighted by atomic mass is 9.90. The third kappa shape index (κ3) is 2.91. The lowest BCUT2D eigenvalue weighted by Gasteiger charge is -2.12. The van der Waals surface area contributed by atoms with Crippen LogP contribution in [0.1, 0.15) is 22.6 Å². The van der Waals surface area contributed by atoms with Crippen molar-refractivity contribution < 1.29 is 0 Å². The standard InChI is InChI=1S/C16H14ClN/c1-12-4-2-3-5-16(12)14(11-18)10-13-6-8-15(17)9-7-13/h2-9,14H,10H2,1H3/t14-/m1/s1. The van der Waals surface area contributed by atoms with Crippen LogP contribution in [0.25, 0.3) is 0 Å². The van der Waals surface area contributed by atoms with Gasteiger partial charge in [0.2, 0.25) is 0 Å². The molecule has 0 saturated heterocycles. The van der Waals surface area contributed by atoms with Crippen molar-refractivity contribution in [2.45, 2.75) is 19.3 Å². The molecule has 0 radical (unpaired) electrons. The summed E-state index contributed by atoms with van der Waals surface area (Å²) in [7, 11) is 0. The quantitative estimate of drug-likeness (QED) is 0.792. The smallest absolute Gasteiger partial charge is 0.0755 e. The first-order chi connectivity index (χ1) is 8.70. The van der Waals surface area contributed by atoms with Gasteiger partial charge >= 0.3 is 0 Å². The zero-order chi connectivity index (χ0) is 13.0. The van der Waals surface area contributed by atoms with E-state index in [4.69, 9.17) is 11.6 Å². The second kappa shape index (κ2) is 5.71. The highest BCUT2D eigenvalue weighted by atomic mass is 35.5. The molecule has 1 atom stereocenters. The van der Waals surface area contributed by atoms with E-state index in [9.17, 15) is 5.26 Å². The molecule has 0 aliphatic heterocycles. The first-order valence-corrected chi connectivity index (χ1v) is 6.28. The van der Waals surface area contributed by atoms with Crippen molar-refractivity contribution >= 4 is 11.6 Å². The van der Waals surface area contributed by atoms with E-state index < -0.39 is 0 Å². The van der Waals surface area contributed by atoms with Crippen LogP contribution in [0.5, 0.6) is 0 Å². The molecule has 0 bridgehead atoms. The van der Waals surface area contributed by atoms with Crippen molar-refractivity contribution in [2.75, 3.05) is 0 Å². The SMILES string of the molecule is Cc1ccccc1[C@@H](C#N)Cc1ccc(Cl)cc1.